The average Bonchev–Trinajstić information content (AvgIpc) is 2.65. The number of benzene rings is 2. The third-order valence-corrected chi connectivity index (χ3v) is 4.65. The number of amides is 2. The van der Waals surface area contributed by atoms with Crippen LogP contribution >= 0.6 is 0 Å². The quantitative estimate of drug-likeness (QED) is 0.792. The molecule has 0 radical (unpaired) electrons. The Labute approximate surface area is 146 Å². The lowest BCUT2D eigenvalue weighted by Gasteiger charge is -2.26. The van der Waals surface area contributed by atoms with E-state index in [1.54, 1.807) is 24.3 Å². The van der Waals surface area contributed by atoms with Crippen molar-refractivity contribution in [3.8, 4) is 0 Å². The predicted molar refractivity (Wildman–Crippen MR) is 94.9 cm³/mol. The number of hydrogen-bond acceptors (Lipinski definition) is 1. The molecule has 3 nitrogen and oxygen atoms in total. The van der Waals surface area contributed by atoms with Crippen molar-refractivity contribution in [3.05, 3.63) is 60.2 Å². The van der Waals surface area contributed by atoms with Crippen molar-refractivity contribution in [2.45, 2.75) is 32.1 Å². The van der Waals surface area contributed by atoms with Crippen LogP contribution in [0.1, 0.15) is 32.1 Å². The Morgan fingerprint density at radius 1 is 0.960 bits per heavy atom. The van der Waals surface area contributed by atoms with Gasteiger partial charge in [-0.15, -0.1) is 0 Å². The van der Waals surface area contributed by atoms with Gasteiger partial charge in [-0.1, -0.05) is 37.5 Å². The standard InChI is InChI=1S/C20H22F2N2O/c21-18-12-11-17(13-19(18)22)24(16-9-5-2-6-10-16)20(25)23-14-15-7-3-1-4-8-15/h2,5-6,9-13,15H,1,3-4,7-8,14H2,(H,23,25). The zero-order valence-corrected chi connectivity index (χ0v) is 14.1. The fraction of sp³-hybridized carbons (Fsp3) is 0.350. The normalized spacial score (nSPS) is 15.0. The van der Waals surface area contributed by atoms with Crippen LogP contribution < -0.4 is 10.2 Å². The first-order chi connectivity index (χ1) is 12.1. The summed E-state index contributed by atoms with van der Waals surface area (Å²) in [5.41, 5.74) is 0.904. The van der Waals surface area contributed by atoms with Crippen LogP contribution in [-0.4, -0.2) is 12.6 Å². The number of urea groups is 1. The molecule has 0 atom stereocenters. The van der Waals surface area contributed by atoms with Crippen molar-refractivity contribution in [2.24, 2.45) is 5.92 Å². The minimum atomic E-state index is -0.974. The summed E-state index contributed by atoms with van der Waals surface area (Å²) in [6, 6.07) is 12.1. The third-order valence-electron chi connectivity index (χ3n) is 4.65. The van der Waals surface area contributed by atoms with Crippen molar-refractivity contribution >= 4 is 17.4 Å². The van der Waals surface area contributed by atoms with E-state index < -0.39 is 11.6 Å². The Bertz CT molecular complexity index is 715. The van der Waals surface area contributed by atoms with Crippen LogP contribution in [0.2, 0.25) is 0 Å². The van der Waals surface area contributed by atoms with Gasteiger partial charge in [0, 0.05) is 12.6 Å². The summed E-state index contributed by atoms with van der Waals surface area (Å²) in [5, 5.41) is 2.95. The molecule has 1 saturated carbocycles. The minimum Gasteiger partial charge on any atom is -0.337 e. The molecule has 5 heteroatoms. The van der Waals surface area contributed by atoms with E-state index in [9.17, 15) is 13.6 Å². The average molecular weight is 344 g/mol. The van der Waals surface area contributed by atoms with Crippen LogP contribution in [0.3, 0.4) is 0 Å². The number of hydrogen-bond donors (Lipinski definition) is 1. The van der Waals surface area contributed by atoms with Crippen molar-refractivity contribution < 1.29 is 13.6 Å². The number of halogens is 2. The van der Waals surface area contributed by atoms with E-state index in [2.05, 4.69) is 5.32 Å². The third kappa shape index (κ3) is 4.35. The van der Waals surface area contributed by atoms with Crippen LogP contribution in [0.5, 0.6) is 0 Å². The predicted octanol–water partition coefficient (Wildman–Crippen LogP) is 5.39. The summed E-state index contributed by atoms with van der Waals surface area (Å²) in [6.45, 7) is 0.603. The number of para-hydroxylation sites is 1. The maximum Gasteiger partial charge on any atom is 0.326 e. The van der Waals surface area contributed by atoms with E-state index in [1.807, 2.05) is 6.07 Å². The summed E-state index contributed by atoms with van der Waals surface area (Å²) in [6.07, 6.45) is 5.90. The minimum absolute atomic E-state index is 0.297. The molecule has 1 N–H and O–H groups in total. The first-order valence-electron chi connectivity index (χ1n) is 8.73. The van der Waals surface area contributed by atoms with Gasteiger partial charge in [-0.2, -0.15) is 0 Å². The van der Waals surface area contributed by atoms with E-state index >= 15 is 0 Å². The van der Waals surface area contributed by atoms with Crippen LogP contribution in [0.4, 0.5) is 25.0 Å². The number of carbonyl (C=O) groups excluding carboxylic acids is 1. The van der Waals surface area contributed by atoms with E-state index in [-0.39, 0.29) is 6.03 Å². The highest BCUT2D eigenvalue weighted by molar-refractivity contribution is 5.99. The van der Waals surface area contributed by atoms with Crippen molar-refractivity contribution in [3.63, 3.8) is 0 Å². The smallest absolute Gasteiger partial charge is 0.326 e. The van der Waals surface area contributed by atoms with Gasteiger partial charge in [0.2, 0.25) is 0 Å². The molecule has 1 aliphatic carbocycles. The van der Waals surface area contributed by atoms with Gasteiger partial charge in [-0.25, -0.2) is 13.6 Å². The van der Waals surface area contributed by atoms with Crippen LogP contribution in [0.25, 0.3) is 0 Å². The van der Waals surface area contributed by atoms with Crippen molar-refractivity contribution in [2.75, 3.05) is 11.4 Å². The molecule has 2 aromatic rings. The molecule has 0 aromatic heterocycles. The molecule has 0 bridgehead atoms. The molecular formula is C20H22F2N2O. The van der Waals surface area contributed by atoms with Gasteiger partial charge in [-0.05, 0) is 43.0 Å². The molecule has 2 aromatic carbocycles. The van der Waals surface area contributed by atoms with E-state index in [0.717, 1.165) is 25.0 Å². The SMILES string of the molecule is O=C(NCC1CCCCC1)N(c1ccccc1)c1ccc(F)c(F)c1. The zero-order chi connectivity index (χ0) is 17.6. The Kier molecular flexibility index (Phi) is 5.64. The molecule has 0 saturated heterocycles. The lowest BCUT2D eigenvalue weighted by Crippen LogP contribution is -2.39. The van der Waals surface area contributed by atoms with Gasteiger partial charge in [0.1, 0.15) is 0 Å². The molecule has 1 fully saturated rings. The van der Waals surface area contributed by atoms with Gasteiger partial charge in [0.15, 0.2) is 11.6 Å². The number of nitrogens with one attached hydrogen (secondary N) is 1. The second kappa shape index (κ2) is 8.10. The molecule has 2 amide bonds. The fourth-order valence-corrected chi connectivity index (χ4v) is 3.29. The molecule has 3 rings (SSSR count). The largest absolute Gasteiger partial charge is 0.337 e. The maximum absolute atomic E-state index is 13.7. The summed E-state index contributed by atoms with van der Waals surface area (Å²) < 4.78 is 26.9. The monoisotopic (exact) mass is 344 g/mol. The van der Waals surface area contributed by atoms with Gasteiger partial charge in [-0.3, -0.25) is 4.90 Å². The van der Waals surface area contributed by atoms with E-state index in [0.29, 0.717) is 23.8 Å². The van der Waals surface area contributed by atoms with E-state index in [1.165, 1.54) is 30.2 Å². The number of carbonyl (C=O) groups is 1. The Hall–Kier alpha value is -2.43. The number of nitrogens with zero attached hydrogens (tertiary/aromatic N) is 1. The van der Waals surface area contributed by atoms with E-state index in [4.69, 9.17) is 0 Å². The maximum atomic E-state index is 13.7. The van der Waals surface area contributed by atoms with Crippen molar-refractivity contribution in [1.29, 1.82) is 0 Å². The van der Waals surface area contributed by atoms with Crippen LogP contribution in [0.15, 0.2) is 48.5 Å². The summed E-state index contributed by atoms with van der Waals surface area (Å²) in [5.74, 6) is -1.42. The molecule has 0 heterocycles. The topological polar surface area (TPSA) is 32.3 Å². The molecule has 0 spiro atoms. The van der Waals surface area contributed by atoms with Crippen molar-refractivity contribution in [1.82, 2.24) is 5.32 Å². The highest BCUT2D eigenvalue weighted by atomic mass is 19.2. The summed E-state index contributed by atoms with van der Waals surface area (Å²) >= 11 is 0. The first-order valence-corrected chi connectivity index (χ1v) is 8.73. The first kappa shape index (κ1) is 17.4. The molecule has 1 aliphatic rings. The zero-order valence-electron chi connectivity index (χ0n) is 14.1. The van der Waals surface area contributed by atoms with Crippen LogP contribution in [-0.2, 0) is 0 Å². The van der Waals surface area contributed by atoms with Gasteiger partial charge in [0.25, 0.3) is 0 Å². The Morgan fingerprint density at radius 3 is 2.36 bits per heavy atom. The molecule has 25 heavy (non-hydrogen) atoms. The van der Waals surface area contributed by atoms with Gasteiger partial charge in [0.05, 0.1) is 11.4 Å². The number of rotatable bonds is 4. The van der Waals surface area contributed by atoms with Gasteiger partial charge < -0.3 is 5.32 Å². The summed E-state index contributed by atoms with van der Waals surface area (Å²) in [7, 11) is 0. The lowest BCUT2D eigenvalue weighted by molar-refractivity contribution is 0.244. The molecular weight excluding hydrogens is 322 g/mol. The Balaban J connectivity index is 1.80. The second-order valence-corrected chi connectivity index (χ2v) is 6.46. The lowest BCUT2D eigenvalue weighted by atomic mass is 9.89. The fourth-order valence-electron chi connectivity index (χ4n) is 3.29. The second-order valence-electron chi connectivity index (χ2n) is 6.46. The highest BCUT2D eigenvalue weighted by Crippen LogP contribution is 2.27. The Morgan fingerprint density at radius 2 is 1.68 bits per heavy atom. The number of anilines is 2. The van der Waals surface area contributed by atoms with Crippen LogP contribution in [0, 0.1) is 17.6 Å². The molecule has 132 valence electrons. The molecule has 0 aliphatic heterocycles. The van der Waals surface area contributed by atoms with Gasteiger partial charge >= 0.3 is 6.03 Å². The highest BCUT2D eigenvalue weighted by Gasteiger charge is 2.21. The molecule has 0 unspecified atom stereocenters. The summed E-state index contributed by atoms with van der Waals surface area (Å²) in [4.78, 5) is 14.2.